The maximum atomic E-state index is 12.3. The zero-order chi connectivity index (χ0) is 13.9. The predicted octanol–water partition coefficient (Wildman–Crippen LogP) is 3.09. The molecule has 0 unspecified atom stereocenters. The van der Waals surface area contributed by atoms with Gasteiger partial charge in [-0.2, -0.15) is 13.2 Å². The van der Waals surface area contributed by atoms with Crippen molar-refractivity contribution >= 4 is 6.09 Å². The molecule has 0 spiro atoms. The highest BCUT2D eigenvalue weighted by atomic mass is 19.4. The van der Waals surface area contributed by atoms with Crippen LogP contribution in [0.4, 0.5) is 18.0 Å². The summed E-state index contributed by atoms with van der Waals surface area (Å²) in [4.78, 5) is 15.1. The van der Waals surface area contributed by atoms with E-state index in [0.717, 1.165) is 16.7 Å². The van der Waals surface area contributed by atoms with E-state index in [0.29, 0.717) is 5.56 Å². The molecule has 19 heavy (non-hydrogen) atoms. The molecule has 0 aliphatic heterocycles. The van der Waals surface area contributed by atoms with Crippen LogP contribution >= 0.6 is 0 Å². The van der Waals surface area contributed by atoms with Crippen molar-refractivity contribution in [1.82, 2.24) is 9.55 Å². The second-order valence-electron chi connectivity index (χ2n) is 3.72. The van der Waals surface area contributed by atoms with Gasteiger partial charge in [0.2, 0.25) is 0 Å². The zero-order valence-electron chi connectivity index (χ0n) is 9.59. The fourth-order valence-electron chi connectivity index (χ4n) is 1.38. The minimum absolute atomic E-state index is 0.102. The third-order valence-corrected chi connectivity index (χ3v) is 2.36. The molecule has 0 aliphatic rings. The first kappa shape index (κ1) is 13.1. The second kappa shape index (κ2) is 5.13. The molecule has 0 saturated heterocycles. The summed E-state index contributed by atoms with van der Waals surface area (Å²) in [6.45, 7) is -0.102. The summed E-state index contributed by atoms with van der Waals surface area (Å²) < 4.78 is 43.0. The van der Waals surface area contributed by atoms with E-state index < -0.39 is 17.8 Å². The Kier molecular flexibility index (Phi) is 3.55. The van der Waals surface area contributed by atoms with Crippen molar-refractivity contribution in [3.8, 4) is 0 Å². The highest BCUT2D eigenvalue weighted by Gasteiger charge is 2.29. The van der Waals surface area contributed by atoms with E-state index >= 15 is 0 Å². The van der Waals surface area contributed by atoms with E-state index in [1.165, 1.54) is 30.9 Å². The van der Waals surface area contributed by atoms with Gasteiger partial charge in [0.15, 0.2) is 0 Å². The van der Waals surface area contributed by atoms with Crippen LogP contribution in [0, 0.1) is 0 Å². The first-order chi connectivity index (χ1) is 8.97. The molecule has 1 heterocycles. The van der Waals surface area contributed by atoms with Crippen molar-refractivity contribution < 1.29 is 22.7 Å². The molecule has 1 aromatic carbocycles. The quantitative estimate of drug-likeness (QED) is 0.842. The van der Waals surface area contributed by atoms with Gasteiger partial charge in [0.05, 0.1) is 5.56 Å². The molecule has 1 aromatic heterocycles. The summed E-state index contributed by atoms with van der Waals surface area (Å²) >= 11 is 0. The Bertz CT molecular complexity index is 547. The summed E-state index contributed by atoms with van der Waals surface area (Å²) in [7, 11) is 0. The molecule has 0 fully saturated rings. The number of halogens is 3. The first-order valence-electron chi connectivity index (χ1n) is 5.28. The van der Waals surface area contributed by atoms with Gasteiger partial charge in [-0.3, -0.25) is 0 Å². The van der Waals surface area contributed by atoms with Crippen molar-refractivity contribution in [2.75, 3.05) is 0 Å². The molecule has 100 valence electrons. The average molecular weight is 270 g/mol. The van der Waals surface area contributed by atoms with Crippen LogP contribution in [-0.4, -0.2) is 15.6 Å². The van der Waals surface area contributed by atoms with Crippen LogP contribution in [-0.2, 0) is 17.5 Å². The lowest BCUT2D eigenvalue weighted by atomic mass is 10.1. The Morgan fingerprint density at radius 1 is 1.26 bits per heavy atom. The molecule has 0 atom stereocenters. The molecular formula is C12H9F3N2O2. The largest absolute Gasteiger partial charge is 0.444 e. The number of alkyl halides is 3. The first-order valence-corrected chi connectivity index (χ1v) is 5.28. The maximum absolute atomic E-state index is 12.3. The van der Waals surface area contributed by atoms with Crippen LogP contribution in [0.5, 0.6) is 0 Å². The molecule has 4 nitrogen and oxygen atoms in total. The monoisotopic (exact) mass is 270 g/mol. The topological polar surface area (TPSA) is 44.1 Å². The Hall–Kier alpha value is -2.31. The number of carbonyl (C=O) groups excluding carboxylic acids is 1. The van der Waals surface area contributed by atoms with Gasteiger partial charge < -0.3 is 4.74 Å². The van der Waals surface area contributed by atoms with Crippen LogP contribution < -0.4 is 0 Å². The number of rotatable bonds is 2. The Morgan fingerprint density at radius 2 is 1.95 bits per heavy atom. The summed E-state index contributed by atoms with van der Waals surface area (Å²) in [5.74, 6) is 0. The minimum atomic E-state index is -4.37. The van der Waals surface area contributed by atoms with Gasteiger partial charge >= 0.3 is 12.3 Å². The van der Waals surface area contributed by atoms with Crippen LogP contribution in [0.2, 0.25) is 0 Å². The SMILES string of the molecule is O=C(OCc1ccc(C(F)(F)F)cc1)n1ccnc1. The third-order valence-electron chi connectivity index (χ3n) is 2.36. The molecule has 0 bridgehead atoms. The van der Waals surface area contributed by atoms with E-state index in [1.54, 1.807) is 0 Å². The van der Waals surface area contributed by atoms with Crippen molar-refractivity contribution in [3.05, 3.63) is 54.1 Å². The summed E-state index contributed by atoms with van der Waals surface area (Å²) in [5.41, 5.74) is -0.265. The molecule has 2 aromatic rings. The summed E-state index contributed by atoms with van der Waals surface area (Å²) in [6, 6.07) is 4.43. The number of hydrogen-bond acceptors (Lipinski definition) is 3. The number of hydrogen-bond donors (Lipinski definition) is 0. The van der Waals surface area contributed by atoms with Gasteiger partial charge in [-0.1, -0.05) is 12.1 Å². The molecule has 0 radical (unpaired) electrons. The third kappa shape index (κ3) is 3.34. The number of benzene rings is 1. The van der Waals surface area contributed by atoms with Crippen LogP contribution in [0.25, 0.3) is 0 Å². The summed E-state index contributed by atoms with van der Waals surface area (Å²) in [5, 5.41) is 0. The zero-order valence-corrected chi connectivity index (χ0v) is 9.59. The predicted molar refractivity (Wildman–Crippen MR) is 59.3 cm³/mol. The van der Waals surface area contributed by atoms with Gasteiger partial charge in [0.1, 0.15) is 12.9 Å². The Labute approximate surface area is 106 Å². The van der Waals surface area contributed by atoms with Crippen molar-refractivity contribution in [2.24, 2.45) is 0 Å². The van der Waals surface area contributed by atoms with Gasteiger partial charge in [-0.05, 0) is 17.7 Å². The maximum Gasteiger partial charge on any atom is 0.419 e. The molecule has 0 aliphatic carbocycles. The molecule has 2 rings (SSSR count). The number of aromatic nitrogens is 2. The lowest BCUT2D eigenvalue weighted by molar-refractivity contribution is -0.137. The number of nitrogens with zero attached hydrogens (tertiary/aromatic N) is 2. The normalized spacial score (nSPS) is 11.3. The minimum Gasteiger partial charge on any atom is -0.444 e. The van der Waals surface area contributed by atoms with Crippen molar-refractivity contribution in [2.45, 2.75) is 12.8 Å². The van der Waals surface area contributed by atoms with Gasteiger partial charge in [-0.25, -0.2) is 14.3 Å². The standard InChI is InChI=1S/C12H9F3N2O2/c13-12(14,15)10-3-1-9(2-4-10)7-19-11(18)17-6-5-16-8-17/h1-6,8H,7H2. The fourth-order valence-corrected chi connectivity index (χ4v) is 1.38. The lowest BCUT2D eigenvalue weighted by Gasteiger charge is -2.08. The number of imidazole rings is 1. The molecular weight excluding hydrogens is 261 g/mol. The Balaban J connectivity index is 1.95. The van der Waals surface area contributed by atoms with Gasteiger partial charge in [-0.15, -0.1) is 0 Å². The molecule has 0 amide bonds. The molecule has 0 N–H and O–H groups in total. The second-order valence-corrected chi connectivity index (χ2v) is 3.72. The van der Waals surface area contributed by atoms with Crippen molar-refractivity contribution in [1.29, 1.82) is 0 Å². The number of ether oxygens (including phenoxy) is 1. The van der Waals surface area contributed by atoms with E-state index in [2.05, 4.69) is 4.98 Å². The van der Waals surface area contributed by atoms with E-state index in [9.17, 15) is 18.0 Å². The van der Waals surface area contributed by atoms with Crippen LogP contribution in [0.1, 0.15) is 11.1 Å². The van der Waals surface area contributed by atoms with E-state index in [4.69, 9.17) is 4.74 Å². The highest BCUT2D eigenvalue weighted by molar-refractivity contribution is 5.69. The van der Waals surface area contributed by atoms with E-state index in [-0.39, 0.29) is 6.61 Å². The molecule has 7 heteroatoms. The summed E-state index contributed by atoms with van der Waals surface area (Å²) in [6.07, 6.45) is -0.910. The number of carbonyl (C=O) groups is 1. The van der Waals surface area contributed by atoms with Gasteiger partial charge in [0, 0.05) is 12.4 Å². The van der Waals surface area contributed by atoms with Crippen LogP contribution in [0.3, 0.4) is 0 Å². The fraction of sp³-hybridized carbons (Fsp3) is 0.167. The average Bonchev–Trinajstić information content (AvgIpc) is 2.89. The molecule has 0 saturated carbocycles. The van der Waals surface area contributed by atoms with Crippen molar-refractivity contribution in [3.63, 3.8) is 0 Å². The van der Waals surface area contributed by atoms with Crippen LogP contribution in [0.15, 0.2) is 43.0 Å². The van der Waals surface area contributed by atoms with E-state index in [1.807, 2.05) is 0 Å². The van der Waals surface area contributed by atoms with Gasteiger partial charge in [0.25, 0.3) is 0 Å². The smallest absolute Gasteiger partial charge is 0.419 e. The lowest BCUT2D eigenvalue weighted by Crippen LogP contribution is -2.11. The Morgan fingerprint density at radius 3 is 2.47 bits per heavy atom. The highest BCUT2D eigenvalue weighted by Crippen LogP contribution is 2.29.